The molecule has 1 aliphatic rings. The molecule has 2 aromatic heterocycles. The first-order chi connectivity index (χ1) is 17.9. The molecular weight excluding hydrogens is 520 g/mol. The number of rotatable bonds is 7. The van der Waals surface area contributed by atoms with Crippen LogP contribution in [0.1, 0.15) is 71.2 Å². The number of thiazole rings is 1. The monoisotopic (exact) mass is 556 g/mol. The molecule has 3 aromatic rings. The van der Waals surface area contributed by atoms with Gasteiger partial charge in [-0.15, -0.1) is 11.3 Å². The second kappa shape index (κ2) is 11.5. The van der Waals surface area contributed by atoms with Crippen molar-refractivity contribution in [3.63, 3.8) is 0 Å². The fourth-order valence-electron chi connectivity index (χ4n) is 4.62. The molecule has 10 heteroatoms. The molecule has 0 radical (unpaired) electrons. The number of ether oxygens (including phenoxy) is 1. The number of hydrogen-bond acceptors (Lipinski definition) is 7. The Balaban J connectivity index is 1.58. The zero-order valence-corrected chi connectivity index (χ0v) is 24.2. The first-order valence-corrected chi connectivity index (χ1v) is 15.2. The van der Waals surface area contributed by atoms with Crippen LogP contribution in [-0.4, -0.2) is 42.2 Å². The molecule has 0 bridgehead atoms. The summed E-state index contributed by atoms with van der Waals surface area (Å²) in [5.74, 6) is 0.273. The van der Waals surface area contributed by atoms with Crippen LogP contribution in [0.3, 0.4) is 0 Å². The van der Waals surface area contributed by atoms with Crippen molar-refractivity contribution in [3.05, 3.63) is 53.9 Å². The van der Waals surface area contributed by atoms with Gasteiger partial charge in [-0.05, 0) is 78.0 Å². The van der Waals surface area contributed by atoms with Crippen LogP contribution in [0.25, 0.3) is 21.6 Å². The Bertz CT molecular complexity index is 1360. The first-order valence-electron chi connectivity index (χ1n) is 12.9. The predicted molar refractivity (Wildman–Crippen MR) is 151 cm³/mol. The minimum atomic E-state index is -3.81. The standard InChI is InChI=1S/C28H36N4O4S2/c1-18(2)36-27(33)31-22-11-8-19(9-12-22)26-30-17-24(37-26)23-13-10-20(21-7-6-14-29-16-21)15-25(23)38(34,35)32-28(3,4)5/h6-7,10,13-19,22,32H,8-9,11-12H2,1-5H3,(H,31,33). The van der Waals surface area contributed by atoms with Crippen LogP contribution >= 0.6 is 11.3 Å². The fourth-order valence-corrected chi connectivity index (χ4v) is 7.48. The van der Waals surface area contributed by atoms with E-state index in [-0.39, 0.29) is 29.1 Å². The Kier molecular flexibility index (Phi) is 8.54. The summed E-state index contributed by atoms with van der Waals surface area (Å²) in [7, 11) is -3.81. The molecular formula is C28H36N4O4S2. The smallest absolute Gasteiger partial charge is 0.407 e. The number of carbonyl (C=O) groups is 1. The van der Waals surface area contributed by atoms with Crippen molar-refractivity contribution in [1.29, 1.82) is 0 Å². The molecule has 0 unspecified atom stereocenters. The average molecular weight is 557 g/mol. The highest BCUT2D eigenvalue weighted by Crippen LogP contribution is 2.40. The zero-order valence-electron chi connectivity index (χ0n) is 22.5. The van der Waals surface area contributed by atoms with Crippen molar-refractivity contribution < 1.29 is 17.9 Å². The molecule has 38 heavy (non-hydrogen) atoms. The number of amides is 1. The second-order valence-corrected chi connectivity index (χ2v) is 13.7. The number of sulfonamides is 1. The van der Waals surface area contributed by atoms with E-state index in [1.807, 2.05) is 58.9 Å². The van der Waals surface area contributed by atoms with Crippen LogP contribution < -0.4 is 10.0 Å². The highest BCUT2D eigenvalue weighted by Gasteiger charge is 2.29. The molecule has 1 amide bonds. The van der Waals surface area contributed by atoms with Crippen molar-refractivity contribution in [1.82, 2.24) is 20.0 Å². The summed E-state index contributed by atoms with van der Waals surface area (Å²) in [5, 5.41) is 3.95. The van der Waals surface area contributed by atoms with E-state index in [2.05, 4.69) is 15.0 Å². The van der Waals surface area contributed by atoms with Gasteiger partial charge in [-0.1, -0.05) is 18.2 Å². The third-order valence-electron chi connectivity index (χ3n) is 6.24. The Labute approximate surface area is 229 Å². The minimum absolute atomic E-state index is 0.0946. The van der Waals surface area contributed by atoms with E-state index in [4.69, 9.17) is 9.72 Å². The minimum Gasteiger partial charge on any atom is -0.447 e. The SMILES string of the molecule is CC(C)OC(=O)NC1CCC(c2ncc(-c3ccc(-c4cccnc4)cc3S(=O)(=O)NC(C)(C)C)s2)CC1. The Morgan fingerprint density at radius 1 is 1.08 bits per heavy atom. The van der Waals surface area contributed by atoms with E-state index in [1.54, 1.807) is 24.7 Å². The Morgan fingerprint density at radius 2 is 1.82 bits per heavy atom. The van der Waals surface area contributed by atoms with Gasteiger partial charge in [0.05, 0.1) is 20.9 Å². The molecule has 0 aliphatic heterocycles. The van der Waals surface area contributed by atoms with Crippen molar-refractivity contribution in [2.75, 3.05) is 0 Å². The lowest BCUT2D eigenvalue weighted by atomic mass is 9.86. The predicted octanol–water partition coefficient (Wildman–Crippen LogP) is 6.11. The summed E-state index contributed by atoms with van der Waals surface area (Å²) < 4.78 is 35.1. The van der Waals surface area contributed by atoms with Gasteiger partial charge in [-0.2, -0.15) is 0 Å². The number of nitrogens with zero attached hydrogens (tertiary/aromatic N) is 2. The van der Waals surface area contributed by atoms with Gasteiger partial charge in [-0.3, -0.25) is 4.98 Å². The summed E-state index contributed by atoms with van der Waals surface area (Å²) in [4.78, 5) is 21.9. The zero-order chi connectivity index (χ0) is 27.5. The molecule has 0 atom stereocenters. The van der Waals surface area contributed by atoms with Crippen LogP contribution in [0.2, 0.25) is 0 Å². The van der Waals surface area contributed by atoms with E-state index in [9.17, 15) is 13.2 Å². The molecule has 1 aliphatic carbocycles. The van der Waals surface area contributed by atoms with Gasteiger partial charge in [0.15, 0.2) is 0 Å². The fraction of sp³-hybridized carbons (Fsp3) is 0.464. The number of carbonyl (C=O) groups excluding carboxylic acids is 1. The van der Waals surface area contributed by atoms with E-state index in [0.717, 1.165) is 46.7 Å². The van der Waals surface area contributed by atoms with Crippen molar-refractivity contribution >= 4 is 27.5 Å². The van der Waals surface area contributed by atoms with Crippen molar-refractivity contribution in [2.45, 2.75) is 88.8 Å². The van der Waals surface area contributed by atoms with Crippen LogP contribution in [0.15, 0.2) is 53.8 Å². The molecule has 0 spiro atoms. The molecule has 1 aromatic carbocycles. The number of aromatic nitrogens is 2. The lowest BCUT2D eigenvalue weighted by molar-refractivity contribution is 0.109. The molecule has 1 fully saturated rings. The van der Waals surface area contributed by atoms with Gasteiger partial charge in [0.2, 0.25) is 10.0 Å². The van der Waals surface area contributed by atoms with Crippen LogP contribution in [-0.2, 0) is 14.8 Å². The third-order valence-corrected chi connectivity index (χ3v) is 9.23. The van der Waals surface area contributed by atoms with Gasteiger partial charge >= 0.3 is 6.09 Å². The largest absolute Gasteiger partial charge is 0.447 e. The molecule has 8 nitrogen and oxygen atoms in total. The lowest BCUT2D eigenvalue weighted by Crippen LogP contribution is -2.40. The molecule has 4 rings (SSSR count). The van der Waals surface area contributed by atoms with E-state index < -0.39 is 15.6 Å². The summed E-state index contributed by atoms with van der Waals surface area (Å²) in [6, 6.07) is 9.34. The van der Waals surface area contributed by atoms with E-state index >= 15 is 0 Å². The summed E-state index contributed by atoms with van der Waals surface area (Å²) >= 11 is 1.54. The second-order valence-electron chi connectivity index (χ2n) is 11.0. The van der Waals surface area contributed by atoms with Gasteiger partial charge in [-0.25, -0.2) is 22.9 Å². The van der Waals surface area contributed by atoms with Gasteiger partial charge in [0, 0.05) is 47.2 Å². The number of nitrogens with one attached hydrogen (secondary N) is 2. The van der Waals surface area contributed by atoms with Gasteiger partial charge < -0.3 is 10.1 Å². The number of benzene rings is 1. The van der Waals surface area contributed by atoms with Crippen LogP contribution in [0, 0.1) is 0 Å². The van der Waals surface area contributed by atoms with Gasteiger partial charge in [0.25, 0.3) is 0 Å². The maximum absolute atomic E-state index is 13.5. The first kappa shape index (κ1) is 28.2. The van der Waals surface area contributed by atoms with Crippen LogP contribution in [0.4, 0.5) is 4.79 Å². The normalized spacial score (nSPS) is 18.4. The quantitative estimate of drug-likeness (QED) is 0.363. The number of pyridine rings is 1. The van der Waals surface area contributed by atoms with E-state index in [1.165, 1.54) is 11.3 Å². The average Bonchev–Trinajstić information content (AvgIpc) is 3.33. The van der Waals surface area contributed by atoms with Crippen molar-refractivity contribution in [3.8, 4) is 21.6 Å². The maximum atomic E-state index is 13.5. The number of hydrogen-bond donors (Lipinski definition) is 2. The highest BCUT2D eigenvalue weighted by molar-refractivity contribution is 7.89. The number of alkyl carbamates (subject to hydrolysis) is 1. The van der Waals surface area contributed by atoms with Gasteiger partial charge in [0.1, 0.15) is 0 Å². The summed E-state index contributed by atoms with van der Waals surface area (Å²) in [5.41, 5.74) is 1.62. The Morgan fingerprint density at radius 3 is 2.45 bits per heavy atom. The topological polar surface area (TPSA) is 110 Å². The molecule has 204 valence electrons. The molecule has 0 saturated heterocycles. The lowest BCUT2D eigenvalue weighted by Gasteiger charge is -2.28. The molecule has 1 saturated carbocycles. The molecule has 2 N–H and O–H groups in total. The highest BCUT2D eigenvalue weighted by atomic mass is 32.2. The van der Waals surface area contributed by atoms with E-state index in [0.29, 0.717) is 5.56 Å². The Hall–Kier alpha value is -2.82. The molecule has 2 heterocycles. The van der Waals surface area contributed by atoms with Crippen molar-refractivity contribution in [2.24, 2.45) is 0 Å². The maximum Gasteiger partial charge on any atom is 0.407 e. The van der Waals surface area contributed by atoms with Crippen LogP contribution in [0.5, 0.6) is 0 Å². The summed E-state index contributed by atoms with van der Waals surface area (Å²) in [6.07, 6.45) is 8.17. The summed E-state index contributed by atoms with van der Waals surface area (Å²) in [6.45, 7) is 9.15. The third kappa shape index (κ3) is 7.18.